The van der Waals surface area contributed by atoms with E-state index >= 15 is 0 Å². The van der Waals surface area contributed by atoms with Crippen LogP contribution in [0.5, 0.6) is 0 Å². The second-order valence-corrected chi connectivity index (χ2v) is 6.76. The van der Waals surface area contributed by atoms with Crippen molar-refractivity contribution in [2.24, 2.45) is 5.10 Å². The minimum absolute atomic E-state index is 0.0550. The highest BCUT2D eigenvalue weighted by Gasteiger charge is 2.12. The van der Waals surface area contributed by atoms with E-state index in [2.05, 4.69) is 46.3 Å². The zero-order chi connectivity index (χ0) is 20.2. The van der Waals surface area contributed by atoms with Crippen molar-refractivity contribution in [2.45, 2.75) is 13.5 Å². The van der Waals surface area contributed by atoms with Crippen molar-refractivity contribution in [3.8, 4) is 0 Å². The molecule has 29 heavy (non-hydrogen) atoms. The first-order valence-corrected chi connectivity index (χ1v) is 9.29. The van der Waals surface area contributed by atoms with E-state index in [1.807, 2.05) is 30.3 Å². The van der Waals surface area contributed by atoms with Crippen LogP contribution in [0.2, 0.25) is 0 Å². The van der Waals surface area contributed by atoms with Crippen molar-refractivity contribution < 1.29 is 4.92 Å². The molecule has 0 spiro atoms. The molecule has 0 amide bonds. The lowest BCUT2D eigenvalue weighted by molar-refractivity contribution is -0.384. The van der Waals surface area contributed by atoms with Crippen LogP contribution in [0.3, 0.4) is 0 Å². The number of hydrogen-bond acceptors (Lipinski definition) is 4. The molecule has 0 saturated carbocycles. The molecule has 1 N–H and O–H groups in total. The Morgan fingerprint density at radius 2 is 1.69 bits per heavy atom. The summed E-state index contributed by atoms with van der Waals surface area (Å²) in [6, 6.07) is 24.8. The summed E-state index contributed by atoms with van der Waals surface area (Å²) in [5, 5.41) is 16.3. The van der Waals surface area contributed by atoms with E-state index in [-0.39, 0.29) is 5.69 Å². The van der Waals surface area contributed by atoms with Crippen molar-refractivity contribution in [2.75, 3.05) is 5.43 Å². The van der Waals surface area contributed by atoms with Gasteiger partial charge in [0.15, 0.2) is 0 Å². The van der Waals surface area contributed by atoms with Crippen LogP contribution >= 0.6 is 0 Å². The third kappa shape index (κ3) is 3.87. The Hall–Kier alpha value is -3.93. The van der Waals surface area contributed by atoms with Gasteiger partial charge in [-0.15, -0.1) is 0 Å². The van der Waals surface area contributed by atoms with Gasteiger partial charge in [0, 0.05) is 40.8 Å². The van der Waals surface area contributed by atoms with Gasteiger partial charge in [-0.1, -0.05) is 48.5 Å². The molecule has 0 aliphatic carbocycles. The molecule has 0 fully saturated rings. The van der Waals surface area contributed by atoms with Gasteiger partial charge in [0.1, 0.15) is 0 Å². The Morgan fingerprint density at radius 3 is 2.41 bits per heavy atom. The largest absolute Gasteiger partial charge is 0.340 e. The first-order valence-electron chi connectivity index (χ1n) is 9.29. The van der Waals surface area contributed by atoms with E-state index in [1.54, 1.807) is 18.3 Å². The summed E-state index contributed by atoms with van der Waals surface area (Å²) in [5.74, 6) is 0. The lowest BCUT2D eigenvalue weighted by Crippen LogP contribution is -2.02. The zero-order valence-electron chi connectivity index (χ0n) is 15.9. The number of aromatic nitrogens is 1. The normalized spacial score (nSPS) is 11.2. The van der Waals surface area contributed by atoms with E-state index in [4.69, 9.17) is 0 Å². The molecule has 0 bridgehead atoms. The Kier molecular flexibility index (Phi) is 5.07. The predicted octanol–water partition coefficient (Wildman–Crippen LogP) is 5.35. The van der Waals surface area contributed by atoms with Gasteiger partial charge >= 0.3 is 0 Å². The number of hydrazone groups is 1. The molecule has 0 atom stereocenters. The summed E-state index contributed by atoms with van der Waals surface area (Å²) in [6.07, 6.45) is 1.81. The average Bonchev–Trinajstić information content (AvgIpc) is 3.01. The SMILES string of the molecule is Cc1c(/C=N/Nc2ccc([N+](=O)[O-])cc2)c2ccccc2n1Cc1ccccc1. The van der Waals surface area contributed by atoms with Crippen LogP contribution in [0, 0.1) is 17.0 Å². The van der Waals surface area contributed by atoms with Crippen LogP contribution in [0.4, 0.5) is 11.4 Å². The number of rotatable bonds is 6. The van der Waals surface area contributed by atoms with Crippen molar-refractivity contribution in [3.05, 3.63) is 106 Å². The summed E-state index contributed by atoms with van der Waals surface area (Å²) in [6.45, 7) is 2.88. The maximum Gasteiger partial charge on any atom is 0.269 e. The highest BCUT2D eigenvalue weighted by atomic mass is 16.6. The van der Waals surface area contributed by atoms with Crippen LogP contribution < -0.4 is 5.43 Å². The number of nitro groups is 1. The molecule has 0 aliphatic heterocycles. The summed E-state index contributed by atoms with van der Waals surface area (Å²) in [4.78, 5) is 10.3. The molecule has 1 aromatic heterocycles. The molecule has 144 valence electrons. The van der Waals surface area contributed by atoms with Crippen molar-refractivity contribution in [3.63, 3.8) is 0 Å². The molecular formula is C23H20N4O2. The van der Waals surface area contributed by atoms with E-state index in [9.17, 15) is 10.1 Å². The number of anilines is 1. The molecule has 0 aliphatic rings. The highest BCUT2D eigenvalue weighted by Crippen LogP contribution is 2.25. The number of nitrogens with zero attached hydrogens (tertiary/aromatic N) is 3. The topological polar surface area (TPSA) is 72.5 Å². The van der Waals surface area contributed by atoms with E-state index in [1.165, 1.54) is 17.7 Å². The van der Waals surface area contributed by atoms with E-state index < -0.39 is 4.92 Å². The molecule has 0 unspecified atom stereocenters. The van der Waals surface area contributed by atoms with Crippen molar-refractivity contribution in [1.29, 1.82) is 0 Å². The van der Waals surface area contributed by atoms with Crippen molar-refractivity contribution >= 4 is 28.5 Å². The molecular weight excluding hydrogens is 364 g/mol. The molecule has 0 saturated heterocycles. The maximum absolute atomic E-state index is 10.8. The predicted molar refractivity (Wildman–Crippen MR) is 117 cm³/mol. The molecule has 6 heteroatoms. The molecule has 4 rings (SSSR count). The standard InChI is InChI=1S/C23H20N4O2/c1-17-22(15-24-25-19-11-13-20(14-12-19)27(28)29)21-9-5-6-10-23(21)26(17)16-18-7-3-2-4-8-18/h2-15,25H,16H2,1H3/b24-15+. The van der Waals surface area contributed by atoms with Crippen LogP contribution in [-0.2, 0) is 6.54 Å². The zero-order valence-corrected chi connectivity index (χ0v) is 15.9. The summed E-state index contributed by atoms with van der Waals surface area (Å²) in [5.41, 5.74) is 8.27. The molecule has 6 nitrogen and oxygen atoms in total. The van der Waals surface area contributed by atoms with Gasteiger partial charge < -0.3 is 4.57 Å². The first-order chi connectivity index (χ1) is 14.1. The number of para-hydroxylation sites is 1. The van der Waals surface area contributed by atoms with Gasteiger partial charge in [0.25, 0.3) is 5.69 Å². The third-order valence-corrected chi connectivity index (χ3v) is 4.93. The molecule has 0 radical (unpaired) electrons. The molecule has 3 aromatic carbocycles. The Morgan fingerprint density at radius 1 is 1.00 bits per heavy atom. The second-order valence-electron chi connectivity index (χ2n) is 6.76. The van der Waals surface area contributed by atoms with Crippen LogP contribution in [0.1, 0.15) is 16.8 Å². The van der Waals surface area contributed by atoms with E-state index in [0.717, 1.165) is 28.7 Å². The van der Waals surface area contributed by atoms with Gasteiger partial charge in [0.2, 0.25) is 0 Å². The quantitative estimate of drug-likeness (QED) is 0.277. The lowest BCUT2D eigenvalue weighted by Gasteiger charge is -2.08. The van der Waals surface area contributed by atoms with Crippen LogP contribution in [0.25, 0.3) is 10.9 Å². The highest BCUT2D eigenvalue weighted by molar-refractivity contribution is 6.01. The summed E-state index contributed by atoms with van der Waals surface area (Å²) >= 11 is 0. The Bertz CT molecular complexity index is 1180. The monoisotopic (exact) mass is 384 g/mol. The second kappa shape index (κ2) is 7.98. The smallest absolute Gasteiger partial charge is 0.269 e. The van der Waals surface area contributed by atoms with E-state index in [0.29, 0.717) is 5.69 Å². The fourth-order valence-corrected chi connectivity index (χ4v) is 3.42. The minimum Gasteiger partial charge on any atom is -0.340 e. The number of nitro benzene ring substituents is 1. The number of nitrogens with one attached hydrogen (secondary N) is 1. The van der Waals surface area contributed by atoms with Gasteiger partial charge in [-0.3, -0.25) is 15.5 Å². The minimum atomic E-state index is -0.419. The van der Waals surface area contributed by atoms with Crippen LogP contribution in [0.15, 0.2) is 84.0 Å². The maximum atomic E-state index is 10.8. The van der Waals surface area contributed by atoms with Gasteiger partial charge in [-0.05, 0) is 30.7 Å². The average molecular weight is 384 g/mol. The summed E-state index contributed by atoms with van der Waals surface area (Å²) in [7, 11) is 0. The number of hydrogen-bond donors (Lipinski definition) is 1. The Labute approximate surface area is 168 Å². The Balaban J connectivity index is 1.62. The van der Waals surface area contributed by atoms with Gasteiger partial charge in [-0.25, -0.2) is 0 Å². The van der Waals surface area contributed by atoms with Crippen LogP contribution in [-0.4, -0.2) is 15.7 Å². The summed E-state index contributed by atoms with van der Waals surface area (Å²) < 4.78 is 2.29. The van der Waals surface area contributed by atoms with Crippen molar-refractivity contribution in [1.82, 2.24) is 4.57 Å². The number of non-ortho nitro benzene ring substituents is 1. The number of benzene rings is 3. The lowest BCUT2D eigenvalue weighted by atomic mass is 10.1. The van der Waals surface area contributed by atoms with Gasteiger partial charge in [0.05, 0.1) is 16.8 Å². The van der Waals surface area contributed by atoms with Gasteiger partial charge in [-0.2, -0.15) is 5.10 Å². The number of fused-ring (bicyclic) bond motifs is 1. The fraction of sp³-hybridized carbons (Fsp3) is 0.0870. The molecule has 1 heterocycles. The fourth-order valence-electron chi connectivity index (χ4n) is 3.42. The first kappa shape index (κ1) is 18.4. The molecule has 4 aromatic rings. The third-order valence-electron chi connectivity index (χ3n) is 4.93.